The molecule has 0 amide bonds. The molecule has 4 aliphatic rings. The molecule has 4 atom stereocenters. The molecule has 1 fully saturated rings. The van der Waals surface area contributed by atoms with E-state index < -0.39 is 0 Å². The molecule has 2 aromatic rings. The Kier molecular flexibility index (Phi) is 6.63. The summed E-state index contributed by atoms with van der Waals surface area (Å²) in [5.41, 5.74) is 6.20. The lowest BCUT2D eigenvalue weighted by Gasteiger charge is -2.62. The highest BCUT2D eigenvalue weighted by molar-refractivity contribution is 5.67. The Hall–Kier alpha value is -2.98. The maximum atomic E-state index is 10.8. The molecule has 6 rings (SSSR count). The average molecular weight is 524 g/mol. The molecular formula is C29H35N2O7-. The van der Waals surface area contributed by atoms with E-state index in [0.29, 0.717) is 30.3 Å². The zero-order valence-corrected chi connectivity index (χ0v) is 22.4. The third-order valence-electron chi connectivity index (χ3n) is 8.21. The highest BCUT2D eigenvalue weighted by Crippen LogP contribution is 2.58. The molecule has 1 unspecified atom stereocenters. The molecule has 9 heteroatoms. The lowest BCUT2D eigenvalue weighted by atomic mass is 9.75. The van der Waals surface area contributed by atoms with Gasteiger partial charge in [-0.25, -0.2) is 0 Å². The molecule has 4 heterocycles. The van der Waals surface area contributed by atoms with Gasteiger partial charge in [-0.2, -0.15) is 0 Å². The first-order valence-electron chi connectivity index (χ1n) is 13.1. The van der Waals surface area contributed by atoms with Crippen LogP contribution >= 0.6 is 0 Å². The monoisotopic (exact) mass is 523 g/mol. The second-order valence-corrected chi connectivity index (χ2v) is 10.3. The van der Waals surface area contributed by atoms with E-state index in [2.05, 4.69) is 17.5 Å². The Morgan fingerprint density at radius 3 is 2.66 bits per heavy atom. The summed E-state index contributed by atoms with van der Waals surface area (Å²) >= 11 is 0. The summed E-state index contributed by atoms with van der Waals surface area (Å²) in [7, 11) is 3.27. The van der Waals surface area contributed by atoms with Gasteiger partial charge in [0.25, 0.3) is 0 Å². The van der Waals surface area contributed by atoms with Crippen molar-refractivity contribution in [3.63, 3.8) is 0 Å². The molecule has 9 nitrogen and oxygen atoms in total. The molecule has 1 saturated heterocycles. The maximum absolute atomic E-state index is 10.8. The summed E-state index contributed by atoms with van der Waals surface area (Å²) < 4.78 is 35.3. The van der Waals surface area contributed by atoms with Crippen molar-refractivity contribution in [2.45, 2.75) is 50.9 Å². The van der Waals surface area contributed by atoms with E-state index in [1.54, 1.807) is 20.3 Å². The highest BCUT2D eigenvalue weighted by Gasteiger charge is 2.46. The zero-order chi connectivity index (χ0) is 26.6. The lowest BCUT2D eigenvalue weighted by Crippen LogP contribution is -2.56. The van der Waals surface area contributed by atoms with E-state index in [9.17, 15) is 5.11 Å². The largest absolute Gasteiger partial charge is 0.650 e. The van der Waals surface area contributed by atoms with Crippen LogP contribution < -0.4 is 23.7 Å². The quantitative estimate of drug-likeness (QED) is 0.412. The summed E-state index contributed by atoms with van der Waals surface area (Å²) in [5, 5.41) is 16.1. The summed E-state index contributed by atoms with van der Waals surface area (Å²) in [6.45, 7) is 9.19. The Morgan fingerprint density at radius 1 is 1.11 bits per heavy atom. The van der Waals surface area contributed by atoms with Crippen LogP contribution in [0.15, 0.2) is 18.7 Å². The normalized spacial score (nSPS) is 24.8. The minimum atomic E-state index is -0.274. The fraction of sp³-hybridized carbons (Fsp3) is 0.517. The maximum Gasteiger partial charge on any atom is 0.231 e. The van der Waals surface area contributed by atoms with Crippen LogP contribution in [0, 0.1) is 13.8 Å². The van der Waals surface area contributed by atoms with E-state index in [0.717, 1.165) is 52.3 Å². The van der Waals surface area contributed by atoms with E-state index >= 15 is 0 Å². The van der Waals surface area contributed by atoms with Crippen molar-refractivity contribution >= 4 is 0 Å². The highest BCUT2D eigenvalue weighted by atomic mass is 16.7. The predicted octanol–water partition coefficient (Wildman–Crippen LogP) is 3.90. The van der Waals surface area contributed by atoms with Gasteiger partial charge in [0.15, 0.2) is 29.8 Å². The van der Waals surface area contributed by atoms with Gasteiger partial charge >= 0.3 is 0 Å². The molecule has 0 aliphatic carbocycles. The average Bonchev–Trinajstić information content (AvgIpc) is 3.41. The fourth-order valence-electron chi connectivity index (χ4n) is 6.83. The Balaban J connectivity index is 1.52. The zero-order valence-electron chi connectivity index (χ0n) is 22.4. The summed E-state index contributed by atoms with van der Waals surface area (Å²) in [6.07, 6.45) is 3.21. The van der Waals surface area contributed by atoms with E-state index in [1.165, 1.54) is 5.56 Å². The van der Waals surface area contributed by atoms with Crippen molar-refractivity contribution in [1.29, 1.82) is 0 Å². The minimum absolute atomic E-state index is 0.0156. The van der Waals surface area contributed by atoms with Gasteiger partial charge in [-0.1, -0.05) is 24.8 Å². The Labute approximate surface area is 223 Å². The Morgan fingerprint density at radius 2 is 1.92 bits per heavy atom. The fourth-order valence-corrected chi connectivity index (χ4v) is 6.83. The second kappa shape index (κ2) is 9.96. The number of hydrogen-bond acceptors (Lipinski definition) is 8. The minimum Gasteiger partial charge on any atom is -0.650 e. The molecule has 0 aromatic heterocycles. The third kappa shape index (κ3) is 3.75. The van der Waals surface area contributed by atoms with Gasteiger partial charge in [0.2, 0.25) is 6.79 Å². The standard InChI is InChI=1S/C29H35N2O7/c1-6-7-35-26-16(3)27-29(38-14-37-27)23-19(26)10-20-24-22-17(9-18(30-24)11-31(20)21(23)12-32)8-15(2)25(34-5)28(22)36-13-33-4/h6,8,18,20-21,24,32H,1,7,9-14H2,2-5H3/q-1/t18-,20?,21-,24-/m0/s1. The molecular weight excluding hydrogens is 488 g/mol. The molecule has 0 spiro atoms. The number of fused-ring (bicyclic) bond motifs is 9. The van der Waals surface area contributed by atoms with Crippen molar-refractivity contribution in [3.8, 4) is 28.7 Å². The molecule has 0 radical (unpaired) electrons. The number of aliphatic hydroxyl groups is 1. The van der Waals surface area contributed by atoms with Gasteiger partial charge in [0.1, 0.15) is 12.4 Å². The van der Waals surface area contributed by atoms with Gasteiger partial charge in [0.05, 0.1) is 19.8 Å². The first-order chi connectivity index (χ1) is 18.5. The second-order valence-electron chi connectivity index (χ2n) is 10.3. The van der Waals surface area contributed by atoms with Gasteiger partial charge in [-0.3, -0.25) is 4.90 Å². The molecule has 204 valence electrons. The van der Waals surface area contributed by atoms with Crippen LogP contribution in [-0.2, 0) is 17.6 Å². The van der Waals surface area contributed by atoms with Gasteiger partial charge in [-0.15, -0.1) is 6.04 Å². The summed E-state index contributed by atoms with van der Waals surface area (Å²) in [6, 6.07) is 1.86. The topological polar surface area (TPSA) is 93.0 Å². The number of benzene rings is 2. The lowest BCUT2D eigenvalue weighted by molar-refractivity contribution is 0.0316. The number of aliphatic hydroxyl groups excluding tert-OH is 1. The number of piperazine rings is 1. The number of methoxy groups -OCH3 is 2. The van der Waals surface area contributed by atoms with E-state index in [4.69, 9.17) is 33.7 Å². The number of hydrogen-bond donors (Lipinski definition) is 1. The van der Waals surface area contributed by atoms with Crippen LogP contribution in [0.2, 0.25) is 0 Å². The van der Waals surface area contributed by atoms with Crippen molar-refractivity contribution in [2.75, 3.05) is 47.6 Å². The van der Waals surface area contributed by atoms with Crippen molar-refractivity contribution in [2.24, 2.45) is 0 Å². The van der Waals surface area contributed by atoms with Crippen LogP contribution in [0.4, 0.5) is 0 Å². The summed E-state index contributed by atoms with van der Waals surface area (Å²) in [5.74, 6) is 3.58. The number of aryl methyl sites for hydroxylation is 1. The van der Waals surface area contributed by atoms with Crippen molar-refractivity contribution in [3.05, 3.63) is 57.4 Å². The smallest absolute Gasteiger partial charge is 0.231 e. The molecule has 4 aliphatic heterocycles. The van der Waals surface area contributed by atoms with Crippen LogP contribution in [-0.4, -0.2) is 69.7 Å². The summed E-state index contributed by atoms with van der Waals surface area (Å²) in [4.78, 5) is 2.40. The van der Waals surface area contributed by atoms with Crippen molar-refractivity contribution in [1.82, 2.24) is 4.90 Å². The first kappa shape index (κ1) is 25.3. The number of rotatable bonds is 8. The van der Waals surface area contributed by atoms with Crippen LogP contribution in [0.25, 0.3) is 5.32 Å². The van der Waals surface area contributed by atoms with E-state index in [1.807, 2.05) is 13.8 Å². The van der Waals surface area contributed by atoms with Gasteiger partial charge < -0.3 is 38.8 Å². The number of ether oxygens (including phenoxy) is 6. The predicted molar refractivity (Wildman–Crippen MR) is 141 cm³/mol. The molecule has 2 bridgehead atoms. The molecule has 0 saturated carbocycles. The van der Waals surface area contributed by atoms with E-state index in [-0.39, 0.29) is 44.4 Å². The molecule has 38 heavy (non-hydrogen) atoms. The van der Waals surface area contributed by atoms with Gasteiger partial charge in [-0.05, 0) is 49.9 Å². The number of nitrogens with zero attached hydrogens (tertiary/aromatic N) is 2. The molecule has 2 aromatic carbocycles. The van der Waals surface area contributed by atoms with Crippen LogP contribution in [0.5, 0.6) is 28.7 Å². The third-order valence-corrected chi connectivity index (χ3v) is 8.21. The van der Waals surface area contributed by atoms with Crippen LogP contribution in [0.3, 0.4) is 0 Å². The van der Waals surface area contributed by atoms with Crippen LogP contribution in [0.1, 0.15) is 45.5 Å². The SMILES string of the molecule is C=CCOc1c(C)c2c(c3c1CC1[C@@H]4[N-][C@@H](Cc5cc(C)c(OC)c(OCOC)c54)CN1[C@H]3CO)OCO2. The first-order valence-corrected chi connectivity index (χ1v) is 13.1. The van der Waals surface area contributed by atoms with Crippen molar-refractivity contribution < 1.29 is 33.5 Å². The molecule has 1 N–H and O–H groups in total. The Bertz CT molecular complexity index is 1260. The van der Waals surface area contributed by atoms with Gasteiger partial charge in [0, 0.05) is 29.8 Å².